The second-order valence-electron chi connectivity index (χ2n) is 2.30. The number of rotatable bonds is 1. The molecule has 72 valence electrons. The Balaban J connectivity index is 2.94. The fourth-order valence-corrected chi connectivity index (χ4v) is 0.994. The second kappa shape index (κ2) is 3.53. The summed E-state index contributed by atoms with van der Waals surface area (Å²) in [5, 5.41) is 0. The highest BCUT2D eigenvalue weighted by Crippen LogP contribution is 2.25. The predicted molar refractivity (Wildman–Crippen MR) is 43.4 cm³/mol. The maximum Gasteiger partial charge on any atom is 0.574 e. The highest BCUT2D eigenvalue weighted by atomic mass is 79.9. The van der Waals surface area contributed by atoms with E-state index in [1.807, 2.05) is 0 Å². The molecule has 0 N–H and O–H groups in total. The molecule has 1 rings (SSSR count). The molecule has 1 aromatic heterocycles. The van der Waals surface area contributed by atoms with Crippen LogP contribution in [0.5, 0.6) is 5.88 Å². The quantitative estimate of drug-likeness (QED) is 0.720. The van der Waals surface area contributed by atoms with Crippen molar-refractivity contribution in [3.05, 3.63) is 22.3 Å². The van der Waals surface area contributed by atoms with Crippen molar-refractivity contribution >= 4 is 15.9 Å². The van der Waals surface area contributed by atoms with Crippen molar-refractivity contribution < 1.29 is 17.9 Å². The number of pyridine rings is 1. The van der Waals surface area contributed by atoms with E-state index in [9.17, 15) is 13.2 Å². The van der Waals surface area contributed by atoms with E-state index in [-0.39, 0.29) is 0 Å². The minimum Gasteiger partial charge on any atom is -0.388 e. The molecule has 0 bridgehead atoms. The zero-order valence-corrected chi connectivity index (χ0v) is 8.11. The number of halogens is 4. The molecule has 0 aromatic carbocycles. The molecule has 13 heavy (non-hydrogen) atoms. The lowest BCUT2D eigenvalue weighted by molar-refractivity contribution is -0.276. The van der Waals surface area contributed by atoms with Gasteiger partial charge in [-0.05, 0) is 28.9 Å². The Morgan fingerprint density at radius 1 is 1.38 bits per heavy atom. The van der Waals surface area contributed by atoms with Crippen LogP contribution in [0.15, 0.2) is 16.7 Å². The molecule has 0 saturated carbocycles. The Morgan fingerprint density at radius 3 is 2.54 bits per heavy atom. The molecule has 1 heterocycles. The van der Waals surface area contributed by atoms with E-state index in [1.165, 1.54) is 13.0 Å². The molecule has 0 spiro atoms. The highest BCUT2D eigenvalue weighted by Gasteiger charge is 2.32. The first-order valence-electron chi connectivity index (χ1n) is 3.27. The summed E-state index contributed by atoms with van der Waals surface area (Å²) >= 11 is 2.95. The summed E-state index contributed by atoms with van der Waals surface area (Å²) < 4.78 is 39.3. The molecule has 1 aromatic rings. The van der Waals surface area contributed by atoms with Crippen LogP contribution in [0, 0.1) is 6.92 Å². The molecule has 0 radical (unpaired) electrons. The van der Waals surface area contributed by atoms with Crippen LogP contribution in [0.25, 0.3) is 0 Å². The van der Waals surface area contributed by atoms with Gasteiger partial charge in [-0.1, -0.05) is 6.07 Å². The number of aryl methyl sites for hydroxylation is 1. The fourth-order valence-electron chi connectivity index (χ4n) is 0.700. The molecule has 0 aliphatic heterocycles. The van der Waals surface area contributed by atoms with Gasteiger partial charge in [0.1, 0.15) is 4.60 Å². The lowest BCUT2D eigenvalue weighted by Gasteiger charge is -2.09. The van der Waals surface area contributed by atoms with Gasteiger partial charge in [0.15, 0.2) is 0 Å². The van der Waals surface area contributed by atoms with Crippen molar-refractivity contribution in [1.29, 1.82) is 0 Å². The zero-order chi connectivity index (χ0) is 10.1. The van der Waals surface area contributed by atoms with Crippen LogP contribution in [0.4, 0.5) is 13.2 Å². The Hall–Kier alpha value is -0.780. The van der Waals surface area contributed by atoms with Gasteiger partial charge in [-0.15, -0.1) is 13.2 Å². The molecule has 0 saturated heterocycles. The molecule has 6 heteroatoms. The molecule has 0 unspecified atom stereocenters. The Bertz CT molecular complexity index is 313. The second-order valence-corrected chi connectivity index (χ2v) is 3.12. The zero-order valence-electron chi connectivity index (χ0n) is 6.52. The van der Waals surface area contributed by atoms with Crippen molar-refractivity contribution in [2.45, 2.75) is 13.3 Å². The number of nitrogens with zero attached hydrogens (tertiary/aromatic N) is 1. The van der Waals surface area contributed by atoms with Crippen molar-refractivity contribution in [2.75, 3.05) is 0 Å². The van der Waals surface area contributed by atoms with Crippen LogP contribution in [0.2, 0.25) is 0 Å². The predicted octanol–water partition coefficient (Wildman–Crippen LogP) is 3.05. The highest BCUT2D eigenvalue weighted by molar-refractivity contribution is 9.10. The molecule has 0 amide bonds. The van der Waals surface area contributed by atoms with Crippen LogP contribution in [0.3, 0.4) is 0 Å². The van der Waals surface area contributed by atoms with E-state index in [0.29, 0.717) is 10.2 Å². The van der Waals surface area contributed by atoms with Gasteiger partial charge >= 0.3 is 6.36 Å². The maximum atomic E-state index is 11.8. The minimum absolute atomic E-state index is 0.303. The summed E-state index contributed by atoms with van der Waals surface area (Å²) in [6.07, 6.45) is -4.70. The molecule has 0 aliphatic carbocycles. The molecular weight excluding hydrogens is 251 g/mol. The van der Waals surface area contributed by atoms with E-state index in [2.05, 4.69) is 25.7 Å². The molecule has 0 aliphatic rings. The van der Waals surface area contributed by atoms with Crippen LogP contribution in [-0.2, 0) is 0 Å². The third-order valence-corrected chi connectivity index (χ3v) is 1.67. The van der Waals surface area contributed by atoms with Gasteiger partial charge in [-0.25, -0.2) is 4.98 Å². The summed E-state index contributed by atoms with van der Waals surface area (Å²) in [5.74, 6) is -0.429. The molecular formula is C7H5BrF3NO. The topological polar surface area (TPSA) is 22.1 Å². The first-order valence-corrected chi connectivity index (χ1v) is 4.07. The lowest BCUT2D eigenvalue weighted by atomic mass is 10.3. The van der Waals surface area contributed by atoms with Crippen LogP contribution in [0.1, 0.15) is 5.56 Å². The first-order chi connectivity index (χ1) is 5.88. The third kappa shape index (κ3) is 3.22. The van der Waals surface area contributed by atoms with Gasteiger partial charge in [-0.3, -0.25) is 0 Å². The van der Waals surface area contributed by atoms with E-state index >= 15 is 0 Å². The van der Waals surface area contributed by atoms with Gasteiger partial charge in [0, 0.05) is 5.56 Å². The number of aromatic nitrogens is 1. The monoisotopic (exact) mass is 255 g/mol. The summed E-state index contributed by atoms with van der Waals surface area (Å²) in [7, 11) is 0. The largest absolute Gasteiger partial charge is 0.574 e. The third-order valence-electron chi connectivity index (χ3n) is 1.23. The summed E-state index contributed by atoms with van der Waals surface area (Å²) in [4.78, 5) is 3.53. The number of ether oxygens (including phenoxy) is 1. The Morgan fingerprint density at radius 2 is 2.00 bits per heavy atom. The maximum absolute atomic E-state index is 11.8. The van der Waals surface area contributed by atoms with E-state index < -0.39 is 12.2 Å². The van der Waals surface area contributed by atoms with Crippen LogP contribution >= 0.6 is 15.9 Å². The van der Waals surface area contributed by atoms with Crippen LogP contribution in [-0.4, -0.2) is 11.3 Å². The van der Waals surface area contributed by atoms with E-state index in [4.69, 9.17) is 0 Å². The smallest absolute Gasteiger partial charge is 0.388 e. The van der Waals surface area contributed by atoms with Crippen molar-refractivity contribution in [2.24, 2.45) is 0 Å². The van der Waals surface area contributed by atoms with Gasteiger partial charge in [0.05, 0.1) is 0 Å². The molecule has 2 nitrogen and oxygen atoms in total. The standard InChI is InChI=1S/C7H5BrF3NO/c1-4-2-3-5(8)12-6(4)13-7(9,10)11/h2-3H,1H3. The van der Waals surface area contributed by atoms with Gasteiger partial charge < -0.3 is 4.74 Å². The first kappa shape index (κ1) is 10.3. The van der Waals surface area contributed by atoms with Gasteiger partial charge in [0.25, 0.3) is 0 Å². The summed E-state index contributed by atoms with van der Waals surface area (Å²) in [5.41, 5.74) is 0.334. The van der Waals surface area contributed by atoms with Crippen molar-refractivity contribution in [3.63, 3.8) is 0 Å². The Kier molecular flexibility index (Phi) is 2.80. The normalized spacial score (nSPS) is 11.5. The fraction of sp³-hybridized carbons (Fsp3) is 0.286. The summed E-state index contributed by atoms with van der Waals surface area (Å²) in [6, 6.07) is 3.02. The average Bonchev–Trinajstić information content (AvgIpc) is 1.94. The number of alkyl halides is 3. The van der Waals surface area contributed by atoms with E-state index in [1.54, 1.807) is 6.07 Å². The Labute approximate surface area is 80.9 Å². The van der Waals surface area contributed by atoms with Crippen molar-refractivity contribution in [1.82, 2.24) is 4.98 Å². The van der Waals surface area contributed by atoms with E-state index in [0.717, 1.165) is 0 Å². The average molecular weight is 256 g/mol. The summed E-state index contributed by atoms with van der Waals surface area (Å²) in [6.45, 7) is 1.49. The number of hydrogen-bond donors (Lipinski definition) is 0. The SMILES string of the molecule is Cc1ccc(Br)nc1OC(F)(F)F. The van der Waals surface area contributed by atoms with Crippen LogP contribution < -0.4 is 4.74 Å². The minimum atomic E-state index is -4.70. The molecule has 0 atom stereocenters. The molecule has 0 fully saturated rings. The van der Waals surface area contributed by atoms with Crippen molar-refractivity contribution in [3.8, 4) is 5.88 Å². The van der Waals surface area contributed by atoms with Gasteiger partial charge in [-0.2, -0.15) is 0 Å². The lowest BCUT2D eigenvalue weighted by Crippen LogP contribution is -2.18. The van der Waals surface area contributed by atoms with Gasteiger partial charge in [0.2, 0.25) is 5.88 Å². The number of hydrogen-bond acceptors (Lipinski definition) is 2.